The van der Waals surface area contributed by atoms with E-state index >= 15 is 0 Å². The maximum absolute atomic E-state index is 3.70. The third-order valence-electron chi connectivity index (χ3n) is 3.86. The normalized spacial score (nSPS) is 28.1. The first kappa shape index (κ1) is 15.0. The van der Waals surface area contributed by atoms with Gasteiger partial charge < -0.3 is 5.32 Å². The van der Waals surface area contributed by atoms with Crippen LogP contribution in [0.4, 0.5) is 0 Å². The van der Waals surface area contributed by atoms with Gasteiger partial charge in [-0.1, -0.05) is 34.1 Å². The van der Waals surface area contributed by atoms with E-state index in [0.717, 1.165) is 6.04 Å². The summed E-state index contributed by atoms with van der Waals surface area (Å²) in [6, 6.07) is 1.46. The number of hydrogen-bond acceptors (Lipinski definition) is 2. The highest BCUT2D eigenvalue weighted by Crippen LogP contribution is 2.21. The molecule has 0 aliphatic carbocycles. The van der Waals surface area contributed by atoms with Crippen LogP contribution in [-0.2, 0) is 0 Å². The summed E-state index contributed by atoms with van der Waals surface area (Å²) in [6.07, 6.45) is 5.21. The summed E-state index contributed by atoms with van der Waals surface area (Å²) in [6.45, 7) is 15.4. The van der Waals surface area contributed by atoms with Crippen molar-refractivity contribution < 1.29 is 0 Å². The Morgan fingerprint density at radius 2 is 2.00 bits per heavy atom. The molecule has 1 aliphatic rings. The second-order valence-electron chi connectivity index (χ2n) is 6.88. The summed E-state index contributed by atoms with van der Waals surface area (Å²) in [5.74, 6) is 0. The smallest absolute Gasteiger partial charge is 0.0195 e. The fourth-order valence-corrected chi connectivity index (χ4v) is 2.54. The summed E-state index contributed by atoms with van der Waals surface area (Å²) in [5.41, 5.74) is 0.458. The van der Waals surface area contributed by atoms with Gasteiger partial charge in [-0.2, -0.15) is 0 Å². The van der Waals surface area contributed by atoms with Gasteiger partial charge >= 0.3 is 0 Å². The van der Waals surface area contributed by atoms with E-state index in [0.29, 0.717) is 11.5 Å². The topological polar surface area (TPSA) is 15.3 Å². The summed E-state index contributed by atoms with van der Waals surface area (Å²) in [7, 11) is 0. The van der Waals surface area contributed by atoms with Crippen LogP contribution in [0, 0.1) is 5.41 Å². The van der Waals surface area contributed by atoms with Gasteiger partial charge in [0.1, 0.15) is 0 Å². The van der Waals surface area contributed by atoms with Crippen LogP contribution in [0.2, 0.25) is 0 Å². The highest BCUT2D eigenvalue weighted by molar-refractivity contribution is 4.81. The third kappa shape index (κ3) is 5.87. The monoisotopic (exact) mass is 240 g/mol. The van der Waals surface area contributed by atoms with Gasteiger partial charge in [0.25, 0.3) is 0 Å². The minimum atomic E-state index is 0.458. The van der Waals surface area contributed by atoms with Crippen molar-refractivity contribution in [2.45, 2.75) is 72.4 Å². The maximum atomic E-state index is 3.70. The van der Waals surface area contributed by atoms with E-state index in [1.54, 1.807) is 0 Å². The average molecular weight is 240 g/mol. The van der Waals surface area contributed by atoms with E-state index in [9.17, 15) is 0 Å². The van der Waals surface area contributed by atoms with Gasteiger partial charge in [-0.3, -0.25) is 4.90 Å². The molecule has 0 saturated carbocycles. The van der Waals surface area contributed by atoms with Gasteiger partial charge in [-0.25, -0.2) is 0 Å². The van der Waals surface area contributed by atoms with Gasteiger partial charge in [0.05, 0.1) is 0 Å². The molecule has 1 heterocycles. The molecule has 1 fully saturated rings. The van der Waals surface area contributed by atoms with E-state index < -0.39 is 0 Å². The zero-order chi connectivity index (χ0) is 12.9. The van der Waals surface area contributed by atoms with Crippen LogP contribution in [0.3, 0.4) is 0 Å². The van der Waals surface area contributed by atoms with E-state index in [-0.39, 0.29) is 0 Å². The predicted octanol–water partition coefficient (Wildman–Crippen LogP) is 3.28. The van der Waals surface area contributed by atoms with Crippen molar-refractivity contribution in [3.05, 3.63) is 0 Å². The van der Waals surface area contributed by atoms with Gasteiger partial charge in [-0.15, -0.1) is 0 Å². The first-order valence-electron chi connectivity index (χ1n) is 7.40. The molecular formula is C15H32N2. The summed E-state index contributed by atoms with van der Waals surface area (Å²) >= 11 is 0. The average Bonchev–Trinajstić information content (AvgIpc) is 2.38. The molecule has 2 nitrogen and oxygen atoms in total. The lowest BCUT2D eigenvalue weighted by Gasteiger charge is -2.31. The fourth-order valence-electron chi connectivity index (χ4n) is 2.54. The number of nitrogens with zero attached hydrogens (tertiary/aromatic N) is 1. The van der Waals surface area contributed by atoms with E-state index in [2.05, 4.69) is 44.8 Å². The van der Waals surface area contributed by atoms with Crippen LogP contribution in [-0.4, -0.2) is 36.6 Å². The molecule has 2 atom stereocenters. The summed E-state index contributed by atoms with van der Waals surface area (Å²) < 4.78 is 0. The fraction of sp³-hybridized carbons (Fsp3) is 1.00. The predicted molar refractivity (Wildman–Crippen MR) is 76.4 cm³/mol. The quantitative estimate of drug-likeness (QED) is 0.811. The molecule has 0 aromatic rings. The Morgan fingerprint density at radius 3 is 2.59 bits per heavy atom. The second-order valence-corrected chi connectivity index (χ2v) is 6.88. The van der Waals surface area contributed by atoms with Gasteiger partial charge in [0.15, 0.2) is 0 Å². The Balaban J connectivity index is 2.47. The van der Waals surface area contributed by atoms with Crippen LogP contribution < -0.4 is 5.32 Å². The molecule has 0 amide bonds. The Labute approximate surface area is 108 Å². The lowest BCUT2D eigenvalue weighted by Crippen LogP contribution is -2.41. The molecule has 0 spiro atoms. The first-order chi connectivity index (χ1) is 7.92. The van der Waals surface area contributed by atoms with Crippen LogP contribution >= 0.6 is 0 Å². The highest BCUT2D eigenvalue weighted by Gasteiger charge is 2.23. The standard InChI is InChI=1S/C15H32N2/c1-6-7-14-12-17(11-9-15(3,4)5)13(2)8-10-16-14/h13-14,16H,6-12H2,1-5H3. The summed E-state index contributed by atoms with van der Waals surface area (Å²) in [5, 5.41) is 3.70. The molecule has 0 aromatic carbocycles. The number of rotatable bonds is 4. The van der Waals surface area contributed by atoms with Crippen molar-refractivity contribution in [2.24, 2.45) is 5.41 Å². The van der Waals surface area contributed by atoms with Gasteiger partial charge in [-0.05, 0) is 44.7 Å². The highest BCUT2D eigenvalue weighted by atomic mass is 15.2. The van der Waals surface area contributed by atoms with E-state index in [1.807, 2.05) is 0 Å². The molecule has 2 heteroatoms. The van der Waals surface area contributed by atoms with Crippen molar-refractivity contribution in [2.75, 3.05) is 19.6 Å². The lowest BCUT2D eigenvalue weighted by atomic mass is 9.92. The lowest BCUT2D eigenvalue weighted by molar-refractivity contribution is 0.174. The van der Waals surface area contributed by atoms with E-state index in [1.165, 1.54) is 45.3 Å². The summed E-state index contributed by atoms with van der Waals surface area (Å²) in [4.78, 5) is 2.70. The third-order valence-corrected chi connectivity index (χ3v) is 3.86. The molecule has 1 rings (SSSR count). The van der Waals surface area contributed by atoms with Crippen LogP contribution in [0.1, 0.15) is 60.3 Å². The molecule has 1 saturated heterocycles. The first-order valence-corrected chi connectivity index (χ1v) is 7.40. The van der Waals surface area contributed by atoms with E-state index in [4.69, 9.17) is 0 Å². The van der Waals surface area contributed by atoms with Crippen LogP contribution in [0.25, 0.3) is 0 Å². The van der Waals surface area contributed by atoms with Gasteiger partial charge in [0.2, 0.25) is 0 Å². The zero-order valence-electron chi connectivity index (χ0n) is 12.6. The van der Waals surface area contributed by atoms with Crippen molar-refractivity contribution in [1.29, 1.82) is 0 Å². The molecule has 0 bridgehead atoms. The zero-order valence-corrected chi connectivity index (χ0v) is 12.6. The molecule has 1 N–H and O–H groups in total. The number of hydrogen-bond donors (Lipinski definition) is 1. The molecule has 0 radical (unpaired) electrons. The van der Waals surface area contributed by atoms with Gasteiger partial charge in [0, 0.05) is 18.6 Å². The molecule has 0 aromatic heterocycles. The molecule has 1 aliphatic heterocycles. The Bertz CT molecular complexity index is 207. The Kier molecular flexibility index (Phi) is 5.94. The largest absolute Gasteiger partial charge is 0.313 e. The molecule has 2 unspecified atom stereocenters. The second kappa shape index (κ2) is 6.75. The van der Waals surface area contributed by atoms with Crippen molar-refractivity contribution >= 4 is 0 Å². The maximum Gasteiger partial charge on any atom is 0.0195 e. The molecular weight excluding hydrogens is 208 g/mol. The minimum absolute atomic E-state index is 0.458. The van der Waals surface area contributed by atoms with Crippen LogP contribution in [0.15, 0.2) is 0 Å². The van der Waals surface area contributed by atoms with Crippen molar-refractivity contribution in [3.63, 3.8) is 0 Å². The van der Waals surface area contributed by atoms with Crippen molar-refractivity contribution in [1.82, 2.24) is 10.2 Å². The Hall–Kier alpha value is -0.0800. The SMILES string of the molecule is CCCC1CN(CCC(C)(C)C)C(C)CCN1. The van der Waals surface area contributed by atoms with Crippen LogP contribution in [0.5, 0.6) is 0 Å². The Morgan fingerprint density at radius 1 is 1.29 bits per heavy atom. The minimum Gasteiger partial charge on any atom is -0.313 e. The molecule has 17 heavy (non-hydrogen) atoms. The van der Waals surface area contributed by atoms with Crippen molar-refractivity contribution in [3.8, 4) is 0 Å². The number of nitrogens with one attached hydrogen (secondary N) is 1. The molecule has 102 valence electrons.